The van der Waals surface area contributed by atoms with Crippen molar-refractivity contribution in [1.82, 2.24) is 4.31 Å². The van der Waals surface area contributed by atoms with Crippen LogP contribution in [0.2, 0.25) is 4.34 Å². The second-order valence-corrected chi connectivity index (χ2v) is 7.54. The van der Waals surface area contributed by atoms with Gasteiger partial charge in [-0.2, -0.15) is 4.31 Å². The second-order valence-electron chi connectivity index (χ2n) is 3.62. The predicted octanol–water partition coefficient (Wildman–Crippen LogP) is 1.31. The van der Waals surface area contributed by atoms with Crippen LogP contribution in [0.1, 0.15) is 6.92 Å². The van der Waals surface area contributed by atoms with Crippen molar-refractivity contribution in [2.45, 2.75) is 17.2 Å². The number of thiophene rings is 1. The zero-order chi connectivity index (χ0) is 14.1. The van der Waals surface area contributed by atoms with Gasteiger partial charge in [-0.1, -0.05) is 11.6 Å². The van der Waals surface area contributed by atoms with Crippen molar-refractivity contribution in [2.24, 2.45) is 0 Å². The smallest absolute Gasteiger partial charge is 0.300 e. The summed E-state index contributed by atoms with van der Waals surface area (Å²) in [6.07, 6.45) is -0.838. The minimum Gasteiger partial charge on any atom is -0.392 e. The third-order valence-corrected chi connectivity index (χ3v) is 5.64. The van der Waals surface area contributed by atoms with Gasteiger partial charge in [-0.25, -0.2) is 8.42 Å². The van der Waals surface area contributed by atoms with Crippen LogP contribution in [0.3, 0.4) is 0 Å². The van der Waals surface area contributed by atoms with Gasteiger partial charge in [0.1, 0.15) is 4.21 Å². The molecule has 1 aromatic heterocycles. The van der Waals surface area contributed by atoms with E-state index < -0.39 is 26.7 Å². The van der Waals surface area contributed by atoms with E-state index in [1.165, 1.54) is 14.0 Å². The lowest BCUT2D eigenvalue weighted by atomic mass is 10.4. The van der Waals surface area contributed by atoms with Gasteiger partial charge in [-0.15, -0.1) is 11.3 Å². The molecule has 0 radical (unpaired) electrons. The summed E-state index contributed by atoms with van der Waals surface area (Å²) in [6, 6.07) is 0.918. The van der Waals surface area contributed by atoms with Gasteiger partial charge in [0.25, 0.3) is 15.7 Å². The Balaban J connectivity index is 3.13. The number of sulfonamides is 1. The van der Waals surface area contributed by atoms with E-state index in [1.54, 1.807) is 0 Å². The Morgan fingerprint density at radius 2 is 2.22 bits per heavy atom. The van der Waals surface area contributed by atoms with E-state index in [4.69, 9.17) is 16.7 Å². The van der Waals surface area contributed by atoms with Crippen LogP contribution in [0, 0.1) is 10.1 Å². The summed E-state index contributed by atoms with van der Waals surface area (Å²) in [4.78, 5) is 9.85. The molecular weight excluding hydrogens is 304 g/mol. The number of halogens is 1. The lowest BCUT2D eigenvalue weighted by molar-refractivity contribution is -0.384. The van der Waals surface area contributed by atoms with Crippen molar-refractivity contribution >= 4 is 38.6 Å². The van der Waals surface area contributed by atoms with E-state index in [0.717, 1.165) is 10.4 Å². The SMILES string of the molecule is CC(O)CN(C)S(=O)(=O)c1cc([N+](=O)[O-])c(Cl)s1. The topological polar surface area (TPSA) is 101 Å². The van der Waals surface area contributed by atoms with Crippen LogP contribution in [-0.2, 0) is 10.0 Å². The standard InChI is InChI=1S/C8H11ClN2O5S2/c1-5(12)4-10(2)18(15,16)7-3-6(11(13)14)8(9)17-7/h3,5,12H,4H2,1-2H3. The Kier molecular flexibility index (Phi) is 4.67. The Bertz CT molecular complexity index is 554. The van der Waals surface area contributed by atoms with Crippen LogP contribution >= 0.6 is 22.9 Å². The van der Waals surface area contributed by atoms with Crippen LogP contribution in [0.4, 0.5) is 5.69 Å². The molecule has 0 aliphatic rings. The van der Waals surface area contributed by atoms with Crippen molar-refractivity contribution in [2.75, 3.05) is 13.6 Å². The van der Waals surface area contributed by atoms with Crippen molar-refractivity contribution < 1.29 is 18.4 Å². The van der Waals surface area contributed by atoms with Crippen LogP contribution in [0.15, 0.2) is 10.3 Å². The fraction of sp³-hybridized carbons (Fsp3) is 0.500. The summed E-state index contributed by atoms with van der Waals surface area (Å²) < 4.78 is 24.5. The van der Waals surface area contributed by atoms with Gasteiger partial charge in [0.2, 0.25) is 0 Å². The molecule has 0 amide bonds. The molecule has 0 saturated carbocycles. The third kappa shape index (κ3) is 3.18. The van der Waals surface area contributed by atoms with E-state index >= 15 is 0 Å². The minimum atomic E-state index is -3.87. The maximum atomic E-state index is 12.0. The number of hydrogen-bond donors (Lipinski definition) is 1. The van der Waals surface area contributed by atoms with Gasteiger partial charge in [0.15, 0.2) is 4.34 Å². The van der Waals surface area contributed by atoms with Gasteiger partial charge >= 0.3 is 0 Å². The largest absolute Gasteiger partial charge is 0.392 e. The minimum absolute atomic E-state index is 0.106. The highest BCUT2D eigenvalue weighted by Gasteiger charge is 2.28. The number of rotatable bonds is 5. The van der Waals surface area contributed by atoms with Crippen LogP contribution in [-0.4, -0.2) is 42.4 Å². The molecule has 0 aliphatic carbocycles. The molecule has 0 spiro atoms. The molecule has 1 rings (SSSR count). The maximum Gasteiger partial charge on any atom is 0.300 e. The summed E-state index contributed by atoms with van der Waals surface area (Å²) in [7, 11) is -2.59. The number of aliphatic hydroxyl groups excluding tert-OH is 1. The molecule has 1 aromatic rings. The van der Waals surface area contributed by atoms with Gasteiger partial charge in [-0.3, -0.25) is 10.1 Å². The zero-order valence-corrected chi connectivity index (χ0v) is 11.9. The average molecular weight is 315 g/mol. The molecule has 7 nitrogen and oxygen atoms in total. The molecule has 1 unspecified atom stereocenters. The van der Waals surface area contributed by atoms with E-state index in [0.29, 0.717) is 11.3 Å². The molecule has 1 N–H and O–H groups in total. The summed E-state index contributed by atoms with van der Waals surface area (Å²) >= 11 is 6.22. The molecule has 102 valence electrons. The Morgan fingerprint density at radius 1 is 1.67 bits per heavy atom. The van der Waals surface area contributed by atoms with E-state index in [2.05, 4.69) is 0 Å². The lowest BCUT2D eigenvalue weighted by Crippen LogP contribution is -2.32. The summed E-state index contributed by atoms with van der Waals surface area (Å²) in [5, 5.41) is 19.7. The van der Waals surface area contributed by atoms with Crippen molar-refractivity contribution in [3.05, 3.63) is 20.5 Å². The van der Waals surface area contributed by atoms with Gasteiger partial charge in [0, 0.05) is 19.7 Å². The fourth-order valence-electron chi connectivity index (χ4n) is 1.21. The first-order valence-corrected chi connectivity index (χ1v) is 7.38. The van der Waals surface area contributed by atoms with Gasteiger partial charge < -0.3 is 5.11 Å². The number of hydrogen-bond acceptors (Lipinski definition) is 6. The fourth-order valence-corrected chi connectivity index (χ4v) is 4.34. The molecule has 10 heteroatoms. The zero-order valence-electron chi connectivity index (χ0n) is 9.53. The first-order chi connectivity index (χ1) is 8.16. The molecule has 0 saturated heterocycles. The molecule has 0 aromatic carbocycles. The van der Waals surface area contributed by atoms with Crippen LogP contribution in [0.5, 0.6) is 0 Å². The summed E-state index contributed by atoms with van der Waals surface area (Å²) in [5.74, 6) is 0. The maximum absolute atomic E-state index is 12.0. The molecule has 0 aliphatic heterocycles. The molecule has 0 fully saturated rings. The van der Waals surface area contributed by atoms with Crippen molar-refractivity contribution in [3.8, 4) is 0 Å². The Labute approximate surface area is 113 Å². The molecule has 0 bridgehead atoms. The highest BCUT2D eigenvalue weighted by Crippen LogP contribution is 2.37. The predicted molar refractivity (Wildman–Crippen MR) is 67.5 cm³/mol. The quantitative estimate of drug-likeness (QED) is 0.652. The van der Waals surface area contributed by atoms with Crippen molar-refractivity contribution in [1.29, 1.82) is 0 Å². The van der Waals surface area contributed by atoms with E-state index in [9.17, 15) is 18.5 Å². The van der Waals surface area contributed by atoms with Crippen LogP contribution in [0.25, 0.3) is 0 Å². The van der Waals surface area contributed by atoms with Gasteiger partial charge in [-0.05, 0) is 6.92 Å². The lowest BCUT2D eigenvalue weighted by Gasteiger charge is -2.17. The summed E-state index contributed by atoms with van der Waals surface area (Å²) in [6.45, 7) is 1.33. The Morgan fingerprint density at radius 3 is 2.61 bits per heavy atom. The highest BCUT2D eigenvalue weighted by atomic mass is 35.5. The van der Waals surface area contributed by atoms with Gasteiger partial charge in [0.05, 0.1) is 11.0 Å². The first-order valence-electron chi connectivity index (χ1n) is 4.74. The normalized spacial score (nSPS) is 13.8. The monoisotopic (exact) mass is 314 g/mol. The third-order valence-electron chi connectivity index (χ3n) is 2.03. The molecule has 18 heavy (non-hydrogen) atoms. The highest BCUT2D eigenvalue weighted by molar-refractivity contribution is 7.91. The number of nitro groups is 1. The average Bonchev–Trinajstić information content (AvgIpc) is 2.59. The number of nitrogens with zero attached hydrogens (tertiary/aromatic N) is 2. The number of likely N-dealkylation sites (N-methyl/N-ethyl adjacent to an activating group) is 1. The Hall–Kier alpha value is -0.740. The molecular formula is C8H11ClN2O5S2. The van der Waals surface area contributed by atoms with Crippen LogP contribution < -0.4 is 0 Å². The second kappa shape index (κ2) is 5.49. The molecule has 1 atom stereocenters. The molecule has 1 heterocycles. The first kappa shape index (κ1) is 15.3. The van der Waals surface area contributed by atoms with E-state index in [-0.39, 0.29) is 15.1 Å². The number of aliphatic hydroxyl groups is 1. The van der Waals surface area contributed by atoms with Crippen molar-refractivity contribution in [3.63, 3.8) is 0 Å². The summed E-state index contributed by atoms with van der Waals surface area (Å²) in [5.41, 5.74) is -0.439. The van der Waals surface area contributed by atoms with E-state index in [1.807, 2.05) is 0 Å².